The highest BCUT2D eigenvalue weighted by Gasteiger charge is 2.49. The molecule has 0 spiro atoms. The molecule has 4 atom stereocenters. The predicted octanol–water partition coefficient (Wildman–Crippen LogP) is 3.69. The first-order chi connectivity index (χ1) is 20.8. The Bertz CT molecular complexity index is 1880. The van der Waals surface area contributed by atoms with Crippen molar-refractivity contribution in [1.29, 1.82) is 5.26 Å². The van der Waals surface area contributed by atoms with Crippen LogP contribution in [0.2, 0.25) is 0 Å². The fourth-order valence-corrected chi connectivity index (χ4v) is 8.53. The van der Waals surface area contributed by atoms with E-state index < -0.39 is 23.1 Å². The average molecular weight is 605 g/mol. The number of alkyl halides is 1. The number of halogens is 2. The zero-order chi connectivity index (χ0) is 29.5. The van der Waals surface area contributed by atoms with Crippen LogP contribution in [0.15, 0.2) is 23.0 Å². The van der Waals surface area contributed by atoms with Gasteiger partial charge < -0.3 is 25.7 Å². The third-order valence-corrected chi connectivity index (χ3v) is 10.5. The second-order valence-corrected chi connectivity index (χ2v) is 13.3. The van der Waals surface area contributed by atoms with Gasteiger partial charge in [-0.05, 0) is 50.4 Å². The molecular weight excluding hydrogens is 574 g/mol. The quantitative estimate of drug-likeness (QED) is 0.312. The van der Waals surface area contributed by atoms with E-state index in [9.17, 15) is 18.8 Å². The summed E-state index contributed by atoms with van der Waals surface area (Å²) in [6.07, 6.45) is 3.30. The zero-order valence-electron chi connectivity index (χ0n) is 23.3. The van der Waals surface area contributed by atoms with Crippen molar-refractivity contribution in [3.63, 3.8) is 0 Å². The van der Waals surface area contributed by atoms with E-state index in [0.29, 0.717) is 64.1 Å². The van der Waals surface area contributed by atoms with E-state index in [0.717, 1.165) is 43.6 Å². The number of hydrogen-bond donors (Lipinski definition) is 3. The molecule has 4 aliphatic rings. The summed E-state index contributed by atoms with van der Waals surface area (Å²) in [5.41, 5.74) is 7.40. The molecule has 1 aromatic carbocycles. The van der Waals surface area contributed by atoms with Gasteiger partial charge in [0.2, 0.25) is 5.88 Å². The van der Waals surface area contributed by atoms with Crippen molar-refractivity contribution in [3.8, 4) is 23.2 Å². The summed E-state index contributed by atoms with van der Waals surface area (Å²) in [6.45, 7) is 2.70. The molecule has 0 aliphatic carbocycles. The fourth-order valence-electron chi connectivity index (χ4n) is 7.76. The molecule has 222 valence electrons. The molecule has 0 amide bonds. The van der Waals surface area contributed by atoms with Crippen LogP contribution in [0.4, 0.5) is 19.6 Å². The number of rotatable bonds is 5. The van der Waals surface area contributed by atoms with Crippen LogP contribution in [-0.4, -0.2) is 76.4 Å². The van der Waals surface area contributed by atoms with Crippen LogP contribution in [-0.2, 0) is 0 Å². The summed E-state index contributed by atoms with van der Waals surface area (Å²) >= 11 is 1.04. The molecule has 10 nitrogen and oxygen atoms in total. The van der Waals surface area contributed by atoms with Gasteiger partial charge in [0.05, 0.1) is 38.0 Å². The summed E-state index contributed by atoms with van der Waals surface area (Å²) in [6, 6.07) is 7.42. The first-order valence-electron chi connectivity index (χ1n) is 14.7. The Morgan fingerprint density at radius 2 is 2.05 bits per heavy atom. The van der Waals surface area contributed by atoms with Crippen molar-refractivity contribution < 1.29 is 13.5 Å². The molecule has 2 unspecified atom stereocenters. The lowest BCUT2D eigenvalue weighted by Gasteiger charge is -2.36. The van der Waals surface area contributed by atoms with Crippen LogP contribution in [0.3, 0.4) is 0 Å². The van der Waals surface area contributed by atoms with Crippen LogP contribution < -0.4 is 26.2 Å². The number of nitrogen functional groups attached to an aromatic ring is 1. The van der Waals surface area contributed by atoms with Crippen molar-refractivity contribution in [2.75, 3.05) is 43.4 Å². The van der Waals surface area contributed by atoms with Crippen molar-refractivity contribution in [2.24, 2.45) is 0 Å². The van der Waals surface area contributed by atoms with E-state index >= 15 is 0 Å². The molecule has 43 heavy (non-hydrogen) atoms. The van der Waals surface area contributed by atoms with Crippen LogP contribution in [0.1, 0.15) is 37.7 Å². The van der Waals surface area contributed by atoms with Crippen molar-refractivity contribution in [2.45, 2.75) is 55.9 Å². The van der Waals surface area contributed by atoms with Gasteiger partial charge in [-0.2, -0.15) is 5.26 Å². The molecule has 0 saturated carbocycles. The Morgan fingerprint density at radius 3 is 2.84 bits per heavy atom. The number of nitrogens with one attached hydrogen (secondary N) is 2. The van der Waals surface area contributed by atoms with Gasteiger partial charge >= 0.3 is 0 Å². The van der Waals surface area contributed by atoms with Gasteiger partial charge in [0.25, 0.3) is 5.56 Å². The number of thiazole rings is 1. The molecule has 8 rings (SSSR count). The van der Waals surface area contributed by atoms with Crippen molar-refractivity contribution in [1.82, 2.24) is 25.2 Å². The third kappa shape index (κ3) is 4.26. The SMILES string of the molecule is N#Cc1c(OC[C@@]23CCCN2C[C@H](F)C3)nc2cc(-c3ccc(F)c4sc(N)nc34)[nH]c(=O)c2c1N1CC2CCC(C1)N2. The third-order valence-electron chi connectivity index (χ3n) is 9.61. The molecule has 4 aromatic rings. The number of hydrogen-bond acceptors (Lipinski definition) is 10. The second-order valence-electron chi connectivity index (χ2n) is 12.3. The van der Waals surface area contributed by atoms with E-state index in [-0.39, 0.29) is 35.3 Å². The Morgan fingerprint density at radius 1 is 1.23 bits per heavy atom. The molecule has 4 N–H and O–H groups in total. The number of piperazine rings is 1. The topological polar surface area (TPSA) is 136 Å². The molecule has 0 radical (unpaired) electrons. The molecule has 2 bridgehead atoms. The highest BCUT2D eigenvalue weighted by Crippen LogP contribution is 2.42. The monoisotopic (exact) mass is 604 g/mol. The lowest BCUT2D eigenvalue weighted by molar-refractivity contribution is 0.110. The number of nitrogens with zero attached hydrogens (tertiary/aromatic N) is 5. The largest absolute Gasteiger partial charge is 0.475 e. The number of aromatic amines is 1. The molecule has 4 saturated heterocycles. The normalized spacial score (nSPS) is 26.8. The van der Waals surface area contributed by atoms with E-state index in [4.69, 9.17) is 15.5 Å². The molecule has 3 aromatic heterocycles. The summed E-state index contributed by atoms with van der Waals surface area (Å²) in [5, 5.41) is 14.6. The first kappa shape index (κ1) is 26.7. The number of ether oxygens (including phenoxy) is 1. The van der Waals surface area contributed by atoms with Crippen LogP contribution in [0, 0.1) is 17.1 Å². The van der Waals surface area contributed by atoms with Gasteiger partial charge in [-0.3, -0.25) is 9.69 Å². The number of H-pyrrole nitrogens is 1. The summed E-state index contributed by atoms with van der Waals surface area (Å²) < 4.78 is 35.7. The molecular formula is C30H30F2N8O2S. The Balaban J connectivity index is 1.29. The summed E-state index contributed by atoms with van der Waals surface area (Å²) in [5.74, 6) is -0.305. The highest BCUT2D eigenvalue weighted by atomic mass is 32.1. The number of nitrogens with two attached hydrogens (primary N) is 1. The number of fused-ring (bicyclic) bond motifs is 5. The summed E-state index contributed by atoms with van der Waals surface area (Å²) in [4.78, 5) is 30.2. The number of benzene rings is 1. The first-order valence-corrected chi connectivity index (χ1v) is 15.5. The predicted molar refractivity (Wildman–Crippen MR) is 161 cm³/mol. The Labute approximate surface area is 249 Å². The summed E-state index contributed by atoms with van der Waals surface area (Å²) in [7, 11) is 0. The van der Waals surface area contributed by atoms with Gasteiger partial charge in [0.1, 0.15) is 30.2 Å². The highest BCUT2D eigenvalue weighted by molar-refractivity contribution is 7.22. The minimum absolute atomic E-state index is 0.137. The Hall–Kier alpha value is -3.86. The van der Waals surface area contributed by atoms with Crippen LogP contribution >= 0.6 is 11.3 Å². The molecule has 13 heteroatoms. The lowest BCUT2D eigenvalue weighted by Crippen LogP contribution is -2.51. The standard InChI is InChI=1S/C30H30F2N8O2S/c31-15-9-30(6-1-7-40(30)11-15)14-42-28-19(10-33)25(39-12-16-2-3-17(13-39)35-16)23-22(37-28)8-21(36-27(23)41)18-4-5-20(32)26-24(18)38-29(34)43-26/h4-5,8,15-17,35H,1-3,6-7,9,11-14H2,(H2,34,38)(H,36,41)/t15-,16?,17?,30+/m1/s1. The second kappa shape index (κ2) is 9.83. The number of aromatic nitrogens is 3. The van der Waals surface area contributed by atoms with Gasteiger partial charge in [0, 0.05) is 43.7 Å². The van der Waals surface area contributed by atoms with Crippen molar-refractivity contribution in [3.05, 3.63) is 39.9 Å². The number of nitriles is 1. The van der Waals surface area contributed by atoms with Gasteiger partial charge in [-0.1, -0.05) is 11.3 Å². The fraction of sp³-hybridized carbons (Fsp3) is 0.467. The van der Waals surface area contributed by atoms with E-state index in [1.54, 1.807) is 12.1 Å². The van der Waals surface area contributed by atoms with E-state index in [1.165, 1.54) is 6.07 Å². The maximum atomic E-state index is 14.6. The van der Waals surface area contributed by atoms with Gasteiger partial charge in [0.15, 0.2) is 5.13 Å². The Kier molecular flexibility index (Phi) is 6.12. The van der Waals surface area contributed by atoms with Crippen LogP contribution in [0.25, 0.3) is 32.4 Å². The number of pyridine rings is 2. The van der Waals surface area contributed by atoms with E-state index in [2.05, 4.69) is 31.2 Å². The lowest BCUT2D eigenvalue weighted by atomic mass is 9.95. The smallest absolute Gasteiger partial charge is 0.260 e. The van der Waals surface area contributed by atoms with Gasteiger partial charge in [-0.15, -0.1) is 0 Å². The molecule has 4 fully saturated rings. The van der Waals surface area contributed by atoms with E-state index in [1.807, 2.05) is 0 Å². The minimum atomic E-state index is -0.913. The zero-order valence-corrected chi connectivity index (χ0v) is 24.1. The average Bonchev–Trinajstić information content (AvgIpc) is 3.73. The van der Waals surface area contributed by atoms with Crippen LogP contribution in [0.5, 0.6) is 5.88 Å². The maximum Gasteiger partial charge on any atom is 0.260 e. The molecule has 7 heterocycles. The van der Waals surface area contributed by atoms with Crippen molar-refractivity contribution >= 4 is 43.3 Å². The number of anilines is 2. The maximum absolute atomic E-state index is 14.6. The van der Waals surface area contributed by atoms with Gasteiger partial charge in [-0.25, -0.2) is 18.7 Å². The minimum Gasteiger partial charge on any atom is -0.475 e. The molecule has 4 aliphatic heterocycles.